The molecule has 0 atom stereocenters. The molecule has 4 nitrogen and oxygen atoms in total. The number of aryl methyl sites for hydroxylation is 1. The highest BCUT2D eigenvalue weighted by molar-refractivity contribution is 7.89. The second-order valence-electron chi connectivity index (χ2n) is 4.13. The molecule has 0 saturated carbocycles. The maximum atomic E-state index is 12.5. The van der Waals surface area contributed by atoms with E-state index in [1.54, 1.807) is 13.0 Å². The summed E-state index contributed by atoms with van der Waals surface area (Å²) in [4.78, 5) is 0.204. The first kappa shape index (κ1) is 15.2. The van der Waals surface area contributed by atoms with Crippen molar-refractivity contribution >= 4 is 10.0 Å². The standard InChI is InChI=1S/C14H16N2O2S/c1-4-8-16(9-5-2)19(17,18)14-7-6-13(11-15)10-12(14)3/h1,6-7,10H,5,8-9H2,2-3H3. The molecule has 0 N–H and O–H groups in total. The number of benzene rings is 1. The first-order valence-electron chi connectivity index (χ1n) is 5.91. The SMILES string of the molecule is C#CCN(CCC)S(=O)(=O)c1ccc(C#N)cc1C. The number of terminal acetylenes is 1. The molecule has 0 fully saturated rings. The van der Waals surface area contributed by atoms with Crippen LogP contribution in [-0.2, 0) is 10.0 Å². The minimum absolute atomic E-state index is 0.0512. The van der Waals surface area contributed by atoms with Crippen LogP contribution in [0.25, 0.3) is 0 Å². The monoisotopic (exact) mass is 276 g/mol. The molecule has 1 rings (SSSR count). The van der Waals surface area contributed by atoms with E-state index in [2.05, 4.69) is 5.92 Å². The maximum absolute atomic E-state index is 12.5. The van der Waals surface area contributed by atoms with Crippen molar-refractivity contribution in [2.75, 3.05) is 13.1 Å². The van der Waals surface area contributed by atoms with Crippen molar-refractivity contribution in [3.63, 3.8) is 0 Å². The minimum atomic E-state index is -3.60. The Morgan fingerprint density at radius 2 is 2.11 bits per heavy atom. The summed E-state index contributed by atoms with van der Waals surface area (Å²) in [5.41, 5.74) is 0.993. The van der Waals surface area contributed by atoms with E-state index in [4.69, 9.17) is 11.7 Å². The predicted octanol–water partition coefficient (Wildman–Crippen LogP) is 1.90. The number of rotatable bonds is 5. The third kappa shape index (κ3) is 3.35. The summed E-state index contributed by atoms with van der Waals surface area (Å²) in [7, 11) is -3.60. The van der Waals surface area contributed by atoms with E-state index in [0.717, 1.165) is 0 Å². The van der Waals surface area contributed by atoms with Crippen molar-refractivity contribution in [2.24, 2.45) is 0 Å². The molecule has 0 aromatic heterocycles. The highest BCUT2D eigenvalue weighted by Crippen LogP contribution is 2.21. The largest absolute Gasteiger partial charge is 0.244 e. The zero-order valence-corrected chi connectivity index (χ0v) is 11.9. The van der Waals surface area contributed by atoms with Gasteiger partial charge in [-0.15, -0.1) is 6.42 Å². The van der Waals surface area contributed by atoms with E-state index in [-0.39, 0.29) is 11.4 Å². The first-order chi connectivity index (χ1) is 8.97. The van der Waals surface area contributed by atoms with Gasteiger partial charge in [0.1, 0.15) is 0 Å². The van der Waals surface area contributed by atoms with Gasteiger partial charge in [0.05, 0.1) is 23.1 Å². The number of nitriles is 1. The van der Waals surface area contributed by atoms with Crippen molar-refractivity contribution in [3.05, 3.63) is 29.3 Å². The van der Waals surface area contributed by atoms with Crippen molar-refractivity contribution in [1.82, 2.24) is 4.31 Å². The van der Waals surface area contributed by atoms with E-state index in [1.807, 2.05) is 13.0 Å². The molecule has 0 saturated heterocycles. The van der Waals surface area contributed by atoms with Crippen molar-refractivity contribution in [2.45, 2.75) is 25.2 Å². The molecule has 0 aliphatic carbocycles. The molecule has 0 unspecified atom stereocenters. The lowest BCUT2D eigenvalue weighted by molar-refractivity contribution is 0.445. The molecule has 0 heterocycles. The van der Waals surface area contributed by atoms with Gasteiger partial charge in [-0.2, -0.15) is 9.57 Å². The smallest absolute Gasteiger partial charge is 0.207 e. The Morgan fingerprint density at radius 3 is 2.58 bits per heavy atom. The van der Waals surface area contributed by atoms with Crippen LogP contribution >= 0.6 is 0 Å². The molecule has 0 radical (unpaired) electrons. The third-order valence-corrected chi connectivity index (χ3v) is 4.67. The molecule has 19 heavy (non-hydrogen) atoms. The van der Waals surface area contributed by atoms with E-state index in [1.165, 1.54) is 16.4 Å². The molecule has 0 spiro atoms. The molecule has 0 aliphatic heterocycles. The van der Waals surface area contributed by atoms with E-state index < -0.39 is 10.0 Å². The van der Waals surface area contributed by atoms with Gasteiger partial charge in [-0.05, 0) is 37.1 Å². The molecule has 0 aliphatic rings. The van der Waals surface area contributed by atoms with Gasteiger partial charge in [-0.1, -0.05) is 12.8 Å². The highest BCUT2D eigenvalue weighted by atomic mass is 32.2. The van der Waals surface area contributed by atoms with Crippen LogP contribution in [0, 0.1) is 30.6 Å². The fourth-order valence-corrected chi connectivity index (χ4v) is 3.43. The molecule has 1 aromatic carbocycles. The fourth-order valence-electron chi connectivity index (χ4n) is 1.78. The predicted molar refractivity (Wildman–Crippen MR) is 73.8 cm³/mol. The average Bonchev–Trinajstić information content (AvgIpc) is 2.38. The lowest BCUT2D eigenvalue weighted by Crippen LogP contribution is -2.32. The van der Waals surface area contributed by atoms with Gasteiger partial charge in [0.2, 0.25) is 10.0 Å². The lowest BCUT2D eigenvalue weighted by atomic mass is 10.2. The molecule has 0 amide bonds. The number of nitrogens with zero attached hydrogens (tertiary/aromatic N) is 2. The van der Waals surface area contributed by atoms with Crippen LogP contribution in [-0.4, -0.2) is 25.8 Å². The number of hydrogen-bond donors (Lipinski definition) is 0. The third-order valence-electron chi connectivity index (χ3n) is 2.66. The zero-order valence-electron chi connectivity index (χ0n) is 11.0. The fraction of sp³-hybridized carbons (Fsp3) is 0.357. The molecule has 1 aromatic rings. The molecular formula is C14H16N2O2S. The lowest BCUT2D eigenvalue weighted by Gasteiger charge is -2.20. The quantitative estimate of drug-likeness (QED) is 0.772. The Kier molecular flexibility index (Phi) is 5.11. The Labute approximate surface area is 114 Å². The Bertz CT molecular complexity index is 636. The summed E-state index contributed by atoms with van der Waals surface area (Å²) in [5, 5.41) is 8.80. The van der Waals surface area contributed by atoms with Crippen molar-refractivity contribution < 1.29 is 8.42 Å². The summed E-state index contributed by atoms with van der Waals surface area (Å²) >= 11 is 0. The van der Waals surface area contributed by atoms with Crippen LogP contribution in [0.5, 0.6) is 0 Å². The van der Waals surface area contributed by atoms with Crippen LogP contribution in [0.3, 0.4) is 0 Å². The molecule has 100 valence electrons. The van der Waals surface area contributed by atoms with Crippen LogP contribution in [0.4, 0.5) is 0 Å². The minimum Gasteiger partial charge on any atom is -0.207 e. The normalized spacial score (nSPS) is 11.0. The van der Waals surface area contributed by atoms with Gasteiger partial charge >= 0.3 is 0 Å². The number of sulfonamides is 1. The van der Waals surface area contributed by atoms with Crippen LogP contribution in [0.15, 0.2) is 23.1 Å². The zero-order chi connectivity index (χ0) is 14.5. The maximum Gasteiger partial charge on any atom is 0.244 e. The second-order valence-corrected chi connectivity index (χ2v) is 6.04. The van der Waals surface area contributed by atoms with E-state index >= 15 is 0 Å². The average molecular weight is 276 g/mol. The summed E-state index contributed by atoms with van der Waals surface area (Å²) in [5.74, 6) is 2.36. The van der Waals surface area contributed by atoms with Crippen molar-refractivity contribution in [3.8, 4) is 18.4 Å². The van der Waals surface area contributed by atoms with Crippen LogP contribution < -0.4 is 0 Å². The van der Waals surface area contributed by atoms with Gasteiger partial charge in [-0.25, -0.2) is 8.42 Å². The first-order valence-corrected chi connectivity index (χ1v) is 7.35. The summed E-state index contributed by atoms with van der Waals surface area (Å²) < 4.78 is 26.2. The van der Waals surface area contributed by atoms with Crippen molar-refractivity contribution in [1.29, 1.82) is 5.26 Å². The molecule has 0 bridgehead atoms. The van der Waals surface area contributed by atoms with Gasteiger partial charge < -0.3 is 0 Å². The van der Waals surface area contributed by atoms with Gasteiger partial charge in [-0.3, -0.25) is 0 Å². The molecule has 5 heteroatoms. The highest BCUT2D eigenvalue weighted by Gasteiger charge is 2.24. The summed E-state index contributed by atoms with van der Waals surface area (Å²) in [6, 6.07) is 6.51. The van der Waals surface area contributed by atoms with Crippen LogP contribution in [0.2, 0.25) is 0 Å². The second kappa shape index (κ2) is 6.38. The van der Waals surface area contributed by atoms with E-state index in [9.17, 15) is 8.42 Å². The summed E-state index contributed by atoms with van der Waals surface area (Å²) in [6.45, 7) is 4.00. The van der Waals surface area contributed by atoms with Crippen LogP contribution in [0.1, 0.15) is 24.5 Å². The van der Waals surface area contributed by atoms with Gasteiger partial charge in [0.15, 0.2) is 0 Å². The molecular weight excluding hydrogens is 260 g/mol. The van der Waals surface area contributed by atoms with E-state index in [0.29, 0.717) is 24.1 Å². The Hall–Kier alpha value is -1.82. The summed E-state index contributed by atoms with van der Waals surface area (Å²) in [6.07, 6.45) is 5.91. The van der Waals surface area contributed by atoms with Gasteiger partial charge in [0.25, 0.3) is 0 Å². The Morgan fingerprint density at radius 1 is 1.42 bits per heavy atom. The Balaban J connectivity index is 3.26. The topological polar surface area (TPSA) is 61.2 Å². The van der Waals surface area contributed by atoms with Gasteiger partial charge in [0, 0.05) is 6.54 Å². The number of hydrogen-bond acceptors (Lipinski definition) is 3.